The van der Waals surface area contributed by atoms with E-state index in [1.54, 1.807) is 0 Å². The molecule has 38 heavy (non-hydrogen) atoms. The molecule has 0 aromatic carbocycles. The predicted molar refractivity (Wildman–Crippen MR) is 171 cm³/mol. The molecule has 0 N–H and O–H groups in total. The molecule has 3 aliphatic carbocycles. The van der Waals surface area contributed by atoms with Gasteiger partial charge < -0.3 is 0 Å². The first-order chi connectivity index (χ1) is 18.8. The van der Waals surface area contributed by atoms with Gasteiger partial charge in [0.25, 0.3) is 0 Å². The minimum atomic E-state index is -2.98. The number of hydrogen-bond donors (Lipinski definition) is 0. The van der Waals surface area contributed by atoms with Gasteiger partial charge >= 0.3 is 205 Å². The van der Waals surface area contributed by atoms with Crippen molar-refractivity contribution in [1.82, 2.24) is 0 Å². The molecular formula is C36H66OSn. The summed E-state index contributed by atoms with van der Waals surface area (Å²) in [6.07, 6.45) is 45.0. The van der Waals surface area contributed by atoms with Crippen molar-refractivity contribution in [1.29, 1.82) is 0 Å². The summed E-state index contributed by atoms with van der Waals surface area (Å²) in [5, 5.41) is 0. The molecule has 0 amide bonds. The van der Waals surface area contributed by atoms with E-state index in [2.05, 4.69) is 19.1 Å². The van der Waals surface area contributed by atoms with Crippen molar-refractivity contribution in [3.63, 3.8) is 0 Å². The zero-order valence-corrected chi connectivity index (χ0v) is 28.7. The molecule has 220 valence electrons. The van der Waals surface area contributed by atoms with E-state index in [0.29, 0.717) is 0 Å². The number of hydrogen-bond acceptors (Lipinski definition) is 1. The van der Waals surface area contributed by atoms with Crippen LogP contribution in [0.2, 0.25) is 11.8 Å². The fourth-order valence-electron chi connectivity index (χ4n) is 9.00. The van der Waals surface area contributed by atoms with E-state index in [4.69, 9.17) is 0 Å². The Labute approximate surface area is 243 Å². The Hall–Kier alpha value is 0.209. The van der Waals surface area contributed by atoms with Crippen LogP contribution in [0.4, 0.5) is 0 Å². The van der Waals surface area contributed by atoms with Crippen LogP contribution in [0, 0.1) is 0 Å². The molecule has 3 saturated carbocycles. The zero-order chi connectivity index (χ0) is 26.7. The van der Waals surface area contributed by atoms with Crippen molar-refractivity contribution in [3.8, 4) is 0 Å². The SMILES string of the molecule is CCCCCCCCC=CCCCCCCC[C](=O)[Sn]([CH]1CCCCC1)([CH]1CCCCC1)[CH]1CCCCC1. The molecule has 1 nitrogen and oxygen atoms in total. The number of allylic oxidation sites excluding steroid dienone is 2. The minimum absolute atomic E-state index is 0.917. The third-order valence-electron chi connectivity index (χ3n) is 11.0. The molecule has 3 fully saturated rings. The van der Waals surface area contributed by atoms with Gasteiger partial charge in [0.15, 0.2) is 0 Å². The van der Waals surface area contributed by atoms with E-state index < -0.39 is 18.4 Å². The van der Waals surface area contributed by atoms with Gasteiger partial charge in [0.2, 0.25) is 0 Å². The van der Waals surface area contributed by atoms with E-state index in [1.807, 2.05) is 0 Å². The second-order valence-electron chi connectivity index (χ2n) is 13.7. The van der Waals surface area contributed by atoms with Gasteiger partial charge in [-0.15, -0.1) is 0 Å². The molecule has 0 aromatic heterocycles. The third kappa shape index (κ3) is 10.6. The maximum atomic E-state index is 14.6. The first-order valence-electron chi connectivity index (χ1n) is 18.0. The van der Waals surface area contributed by atoms with Crippen LogP contribution in [0.15, 0.2) is 12.2 Å². The summed E-state index contributed by atoms with van der Waals surface area (Å²) >= 11 is -2.98. The quantitative estimate of drug-likeness (QED) is 0.0786. The Kier molecular flexibility index (Phi) is 17.3. The molecule has 0 bridgehead atoms. The van der Waals surface area contributed by atoms with Crippen LogP contribution in [0.25, 0.3) is 0 Å². The average Bonchev–Trinajstić information content (AvgIpc) is 2.97. The molecule has 2 heteroatoms. The van der Waals surface area contributed by atoms with Crippen LogP contribution >= 0.6 is 0 Å². The van der Waals surface area contributed by atoms with Crippen LogP contribution in [-0.2, 0) is 4.79 Å². The second kappa shape index (κ2) is 20.1. The fourth-order valence-corrected chi connectivity index (χ4v) is 32.0. The Morgan fingerprint density at radius 2 is 0.895 bits per heavy atom. The summed E-state index contributed by atoms with van der Waals surface area (Å²) in [6, 6.07) is 0. The molecule has 0 aromatic rings. The summed E-state index contributed by atoms with van der Waals surface area (Å²) in [5.41, 5.74) is 0. The Bertz CT molecular complexity index is 576. The van der Waals surface area contributed by atoms with E-state index in [1.165, 1.54) is 180 Å². The average molecular weight is 634 g/mol. The molecule has 3 rings (SSSR count). The predicted octanol–water partition coefficient (Wildman–Crippen LogP) is 12.6. The van der Waals surface area contributed by atoms with Crippen molar-refractivity contribution >= 4 is 22.2 Å². The number of carbonyl (C=O) groups excluding carboxylic acids is 1. The van der Waals surface area contributed by atoms with Crippen molar-refractivity contribution in [3.05, 3.63) is 12.2 Å². The van der Waals surface area contributed by atoms with E-state index in [-0.39, 0.29) is 0 Å². The molecule has 0 radical (unpaired) electrons. The normalized spacial score (nSPS) is 20.9. The standard InChI is InChI=1S/C18H33O.3C6H11.Sn/c1-2-3-4-5-6-7-8-9-10-11-12-13-14-15-16-17-18-19;3*1-2-4-6-5-3-1;/h9-10H,2-8,11-17H2,1H3;3*1H,2-6H2;. The molecule has 0 spiro atoms. The Morgan fingerprint density at radius 1 is 0.526 bits per heavy atom. The first kappa shape index (κ1) is 32.7. The fraction of sp³-hybridized carbons (Fsp3) is 0.917. The van der Waals surface area contributed by atoms with Gasteiger partial charge in [0.05, 0.1) is 0 Å². The van der Waals surface area contributed by atoms with Crippen LogP contribution in [-0.4, -0.2) is 22.2 Å². The van der Waals surface area contributed by atoms with E-state index in [0.717, 1.165) is 22.0 Å². The second-order valence-corrected chi connectivity index (χ2v) is 27.6. The molecule has 0 saturated heterocycles. The maximum absolute atomic E-state index is 14.6. The van der Waals surface area contributed by atoms with Gasteiger partial charge in [-0.25, -0.2) is 0 Å². The number of rotatable bonds is 19. The summed E-state index contributed by atoms with van der Waals surface area (Å²) in [6.45, 7) is 2.30. The van der Waals surface area contributed by atoms with Crippen molar-refractivity contribution in [2.75, 3.05) is 0 Å². The Morgan fingerprint density at radius 3 is 1.32 bits per heavy atom. The van der Waals surface area contributed by atoms with E-state index >= 15 is 0 Å². The van der Waals surface area contributed by atoms with Crippen LogP contribution in [0.1, 0.15) is 193 Å². The van der Waals surface area contributed by atoms with Crippen molar-refractivity contribution < 1.29 is 4.79 Å². The van der Waals surface area contributed by atoms with Gasteiger partial charge in [-0.2, -0.15) is 0 Å². The molecule has 0 heterocycles. The van der Waals surface area contributed by atoms with Gasteiger partial charge in [0.1, 0.15) is 0 Å². The molecule has 0 atom stereocenters. The van der Waals surface area contributed by atoms with Gasteiger partial charge in [-0.3, -0.25) is 0 Å². The summed E-state index contributed by atoms with van der Waals surface area (Å²) in [7, 11) is 0. The number of unbranched alkanes of at least 4 members (excludes halogenated alkanes) is 11. The van der Waals surface area contributed by atoms with Gasteiger partial charge in [-0.05, 0) is 0 Å². The zero-order valence-electron chi connectivity index (χ0n) is 25.8. The van der Waals surface area contributed by atoms with Crippen LogP contribution in [0.3, 0.4) is 0 Å². The first-order valence-corrected chi connectivity index (χ1v) is 24.4. The summed E-state index contributed by atoms with van der Waals surface area (Å²) in [4.78, 5) is 14.6. The Balaban J connectivity index is 1.42. The van der Waals surface area contributed by atoms with Crippen molar-refractivity contribution in [2.45, 2.75) is 205 Å². The molecular weight excluding hydrogens is 567 g/mol. The molecule has 3 aliphatic rings. The molecule has 0 unspecified atom stereocenters. The monoisotopic (exact) mass is 634 g/mol. The number of carbonyl (C=O) groups is 1. The van der Waals surface area contributed by atoms with Crippen LogP contribution < -0.4 is 0 Å². The summed E-state index contributed by atoms with van der Waals surface area (Å²) < 4.78 is 3.71. The molecule has 0 aliphatic heterocycles. The van der Waals surface area contributed by atoms with Gasteiger partial charge in [0, 0.05) is 0 Å². The van der Waals surface area contributed by atoms with Gasteiger partial charge in [-0.1, -0.05) is 39.0 Å². The van der Waals surface area contributed by atoms with Crippen LogP contribution in [0.5, 0.6) is 0 Å². The van der Waals surface area contributed by atoms with E-state index in [9.17, 15) is 4.79 Å². The topological polar surface area (TPSA) is 17.1 Å². The van der Waals surface area contributed by atoms with Crippen molar-refractivity contribution in [2.24, 2.45) is 0 Å². The summed E-state index contributed by atoms with van der Waals surface area (Å²) in [5.74, 6) is 0. The third-order valence-corrected chi connectivity index (χ3v) is 31.0.